The van der Waals surface area contributed by atoms with Crippen LogP contribution in [-0.2, 0) is 0 Å². The molecule has 0 radical (unpaired) electrons. The van der Waals surface area contributed by atoms with Crippen LogP contribution in [0.5, 0.6) is 0 Å². The number of rotatable bonds is 6. The van der Waals surface area contributed by atoms with Crippen LogP contribution >= 0.6 is 0 Å². The van der Waals surface area contributed by atoms with Crippen molar-refractivity contribution in [1.29, 1.82) is 0 Å². The van der Waals surface area contributed by atoms with E-state index < -0.39 is 0 Å². The number of aryl methyl sites for hydroxylation is 1. The van der Waals surface area contributed by atoms with Crippen molar-refractivity contribution in [2.75, 3.05) is 6.54 Å². The number of hydrogen-bond donors (Lipinski definition) is 2. The molecule has 2 rings (SSSR count). The van der Waals surface area contributed by atoms with E-state index in [4.69, 9.17) is 5.73 Å². The lowest BCUT2D eigenvalue weighted by Crippen LogP contribution is -2.40. The number of nitrogens with two attached hydrogens (primary N) is 1. The molecular weight excluding hydrogens is 281 g/mol. The molecule has 1 amide bonds. The molecule has 0 saturated carbocycles. The minimum Gasteiger partial charge on any atom is -0.348 e. The van der Waals surface area contributed by atoms with Gasteiger partial charge < -0.3 is 11.1 Å². The minimum atomic E-state index is -0.334. The van der Waals surface area contributed by atoms with Gasteiger partial charge in [-0.1, -0.05) is 19.8 Å². The second kappa shape index (κ2) is 7.31. The predicted molar refractivity (Wildman–Crippen MR) is 86.3 cm³/mol. The molecule has 1 aromatic heterocycles. The number of carbonyl (C=O) groups is 1. The van der Waals surface area contributed by atoms with Crippen LogP contribution in [0.3, 0.4) is 0 Å². The molecule has 0 spiro atoms. The molecule has 3 N–H and O–H groups in total. The van der Waals surface area contributed by atoms with Crippen LogP contribution in [0.25, 0.3) is 10.9 Å². The Bertz CT molecular complexity index is 672. The van der Waals surface area contributed by atoms with E-state index in [0.29, 0.717) is 23.3 Å². The summed E-state index contributed by atoms with van der Waals surface area (Å²) in [5, 5.41) is 3.70. The molecule has 0 saturated heterocycles. The highest BCUT2D eigenvalue weighted by Gasteiger charge is 2.15. The summed E-state index contributed by atoms with van der Waals surface area (Å²) >= 11 is 0. The molecule has 0 bridgehead atoms. The van der Waals surface area contributed by atoms with Gasteiger partial charge in [-0.05, 0) is 31.5 Å². The Morgan fingerprint density at radius 2 is 2.18 bits per heavy atom. The summed E-state index contributed by atoms with van der Waals surface area (Å²) < 4.78 is 13.2. The number of unbranched alkanes of at least 4 members (excludes halogenated alkanes) is 1. The standard InChI is InChI=1S/C17H22FN3O/c1-3-4-5-14(10-19)21-17(22)15-8-12-6-7-13(18)9-16(12)20-11(15)2/h6-9,14H,3-5,10,19H2,1-2H3,(H,21,22). The largest absolute Gasteiger partial charge is 0.348 e. The van der Waals surface area contributed by atoms with Crippen molar-refractivity contribution >= 4 is 16.8 Å². The quantitative estimate of drug-likeness (QED) is 0.862. The summed E-state index contributed by atoms with van der Waals surface area (Å²) in [4.78, 5) is 16.7. The molecule has 1 unspecified atom stereocenters. The first-order valence-electron chi connectivity index (χ1n) is 7.63. The number of benzene rings is 1. The highest BCUT2D eigenvalue weighted by molar-refractivity contribution is 5.98. The average molecular weight is 303 g/mol. The molecule has 5 heteroatoms. The van der Waals surface area contributed by atoms with Gasteiger partial charge in [-0.15, -0.1) is 0 Å². The summed E-state index contributed by atoms with van der Waals surface area (Å²) in [7, 11) is 0. The van der Waals surface area contributed by atoms with Crippen molar-refractivity contribution in [3.63, 3.8) is 0 Å². The number of fused-ring (bicyclic) bond motifs is 1. The van der Waals surface area contributed by atoms with Crippen molar-refractivity contribution in [3.05, 3.63) is 41.3 Å². The fraction of sp³-hybridized carbons (Fsp3) is 0.412. The zero-order valence-corrected chi connectivity index (χ0v) is 13.0. The van der Waals surface area contributed by atoms with Crippen LogP contribution in [0, 0.1) is 12.7 Å². The molecule has 22 heavy (non-hydrogen) atoms. The smallest absolute Gasteiger partial charge is 0.253 e. The number of amides is 1. The SMILES string of the molecule is CCCCC(CN)NC(=O)c1cc2ccc(F)cc2nc1C. The Kier molecular flexibility index (Phi) is 5.44. The molecule has 118 valence electrons. The van der Waals surface area contributed by atoms with Crippen LogP contribution < -0.4 is 11.1 Å². The third-order valence-corrected chi connectivity index (χ3v) is 3.74. The second-order valence-corrected chi connectivity index (χ2v) is 5.51. The minimum absolute atomic E-state index is 0.0317. The number of nitrogens with zero attached hydrogens (tertiary/aromatic N) is 1. The van der Waals surface area contributed by atoms with Crippen LogP contribution in [0.15, 0.2) is 24.3 Å². The van der Waals surface area contributed by atoms with Gasteiger partial charge in [0.15, 0.2) is 0 Å². The van der Waals surface area contributed by atoms with Crippen molar-refractivity contribution in [3.8, 4) is 0 Å². The first-order chi connectivity index (χ1) is 10.5. The first kappa shape index (κ1) is 16.4. The van der Waals surface area contributed by atoms with Gasteiger partial charge in [-0.3, -0.25) is 9.78 Å². The zero-order chi connectivity index (χ0) is 16.1. The first-order valence-corrected chi connectivity index (χ1v) is 7.63. The van der Waals surface area contributed by atoms with Gasteiger partial charge >= 0.3 is 0 Å². The van der Waals surface area contributed by atoms with E-state index in [-0.39, 0.29) is 17.8 Å². The maximum Gasteiger partial charge on any atom is 0.253 e. The van der Waals surface area contributed by atoms with Gasteiger partial charge in [-0.2, -0.15) is 0 Å². The Morgan fingerprint density at radius 1 is 1.41 bits per heavy atom. The molecule has 1 atom stereocenters. The Balaban J connectivity index is 2.23. The molecule has 1 aromatic carbocycles. The number of nitrogens with one attached hydrogen (secondary N) is 1. The molecule has 4 nitrogen and oxygen atoms in total. The lowest BCUT2D eigenvalue weighted by Gasteiger charge is -2.17. The summed E-state index contributed by atoms with van der Waals surface area (Å²) in [6, 6.07) is 6.08. The molecule has 0 aliphatic rings. The number of carbonyl (C=O) groups excluding carboxylic acids is 1. The Morgan fingerprint density at radius 3 is 2.86 bits per heavy atom. The monoisotopic (exact) mass is 303 g/mol. The summed E-state index contributed by atoms with van der Waals surface area (Å²) in [5.41, 5.74) is 7.36. The molecule has 0 aliphatic carbocycles. The predicted octanol–water partition coefficient (Wildman–Crippen LogP) is 2.93. The Labute approximate surface area is 129 Å². The highest BCUT2D eigenvalue weighted by Crippen LogP contribution is 2.18. The maximum atomic E-state index is 13.2. The molecular formula is C17H22FN3O. The summed E-state index contributed by atoms with van der Waals surface area (Å²) in [6.07, 6.45) is 2.95. The number of aromatic nitrogens is 1. The molecule has 1 heterocycles. The van der Waals surface area contributed by atoms with Crippen LogP contribution in [0.1, 0.15) is 42.2 Å². The van der Waals surface area contributed by atoms with Crippen molar-refractivity contribution in [1.82, 2.24) is 10.3 Å². The fourth-order valence-electron chi connectivity index (χ4n) is 2.43. The molecule has 0 aliphatic heterocycles. The lowest BCUT2D eigenvalue weighted by atomic mass is 10.1. The van der Waals surface area contributed by atoms with E-state index in [0.717, 1.165) is 24.6 Å². The van der Waals surface area contributed by atoms with Crippen molar-refractivity contribution in [2.45, 2.75) is 39.2 Å². The number of hydrogen-bond acceptors (Lipinski definition) is 3. The van der Waals surface area contributed by atoms with E-state index >= 15 is 0 Å². The van der Waals surface area contributed by atoms with Crippen LogP contribution in [-0.4, -0.2) is 23.5 Å². The molecule has 2 aromatic rings. The topological polar surface area (TPSA) is 68.0 Å². The third kappa shape index (κ3) is 3.80. The van der Waals surface area contributed by atoms with Crippen molar-refractivity contribution in [2.24, 2.45) is 5.73 Å². The summed E-state index contributed by atoms with van der Waals surface area (Å²) in [6.45, 7) is 4.27. The van der Waals surface area contributed by atoms with Gasteiger partial charge in [-0.25, -0.2) is 4.39 Å². The van der Waals surface area contributed by atoms with Crippen LogP contribution in [0.2, 0.25) is 0 Å². The van der Waals surface area contributed by atoms with E-state index in [1.54, 1.807) is 19.1 Å². The van der Waals surface area contributed by atoms with Gasteiger partial charge in [0.25, 0.3) is 5.91 Å². The second-order valence-electron chi connectivity index (χ2n) is 5.51. The van der Waals surface area contributed by atoms with Crippen molar-refractivity contribution < 1.29 is 9.18 Å². The van der Waals surface area contributed by atoms with Crippen LogP contribution in [0.4, 0.5) is 4.39 Å². The van der Waals surface area contributed by atoms with E-state index in [9.17, 15) is 9.18 Å². The van der Waals surface area contributed by atoms with E-state index in [1.165, 1.54) is 12.1 Å². The Hall–Kier alpha value is -2.01. The normalized spacial score (nSPS) is 12.4. The van der Waals surface area contributed by atoms with Gasteiger partial charge in [0.2, 0.25) is 0 Å². The van der Waals surface area contributed by atoms with Gasteiger partial charge in [0.1, 0.15) is 5.82 Å². The maximum absolute atomic E-state index is 13.2. The number of pyridine rings is 1. The zero-order valence-electron chi connectivity index (χ0n) is 13.0. The lowest BCUT2D eigenvalue weighted by molar-refractivity contribution is 0.0935. The fourth-order valence-corrected chi connectivity index (χ4v) is 2.43. The number of halogens is 1. The van der Waals surface area contributed by atoms with Gasteiger partial charge in [0.05, 0.1) is 16.8 Å². The van der Waals surface area contributed by atoms with E-state index in [1.807, 2.05) is 0 Å². The summed E-state index contributed by atoms with van der Waals surface area (Å²) in [5.74, 6) is -0.512. The van der Waals surface area contributed by atoms with E-state index in [2.05, 4.69) is 17.2 Å². The third-order valence-electron chi connectivity index (χ3n) is 3.74. The molecule has 0 fully saturated rings. The highest BCUT2D eigenvalue weighted by atomic mass is 19.1. The van der Waals surface area contributed by atoms with Gasteiger partial charge in [0, 0.05) is 24.0 Å². The average Bonchev–Trinajstić information content (AvgIpc) is 2.50.